The number of fused-ring (bicyclic) bond motifs is 1. The summed E-state index contributed by atoms with van der Waals surface area (Å²) < 4.78 is 12.5. The molecule has 2 aromatic carbocycles. The molecule has 7 nitrogen and oxygen atoms in total. The fourth-order valence-corrected chi connectivity index (χ4v) is 3.20. The lowest BCUT2D eigenvalue weighted by atomic mass is 10.0. The smallest absolute Gasteiger partial charge is 0.248 e. The van der Waals surface area contributed by atoms with Gasteiger partial charge in [-0.2, -0.15) is 4.68 Å². The van der Waals surface area contributed by atoms with Gasteiger partial charge in [0.15, 0.2) is 11.5 Å². The fraction of sp³-hybridized carbons (Fsp3) is 0.167. The van der Waals surface area contributed by atoms with Crippen LogP contribution in [0.5, 0.6) is 11.5 Å². The predicted octanol–water partition coefficient (Wildman–Crippen LogP) is 3.40. The standard InChI is InChI=1S/C18H16ClN5O2/c1-25-16-8-7-11(9-17(16)26-2)15-10-14(12-5-3-4-6-13(12)19)20-18-21-22-23-24(15)18/h3-10,15H,1-2H3,(H,20,21,23)/t15-/m1/s1. The molecular weight excluding hydrogens is 354 g/mol. The molecule has 1 N–H and O–H groups in total. The number of tetrazole rings is 1. The zero-order valence-electron chi connectivity index (χ0n) is 14.2. The third-order valence-electron chi connectivity index (χ3n) is 4.24. The zero-order chi connectivity index (χ0) is 18.1. The summed E-state index contributed by atoms with van der Waals surface area (Å²) in [5.74, 6) is 1.85. The van der Waals surface area contributed by atoms with E-state index in [1.807, 2.05) is 48.5 Å². The number of allylic oxidation sites excluding steroid dienone is 1. The van der Waals surface area contributed by atoms with Crippen molar-refractivity contribution >= 4 is 23.2 Å². The lowest BCUT2D eigenvalue weighted by Crippen LogP contribution is -2.20. The number of benzene rings is 2. The van der Waals surface area contributed by atoms with Crippen LogP contribution in [-0.2, 0) is 0 Å². The lowest BCUT2D eigenvalue weighted by molar-refractivity contribution is 0.354. The molecule has 0 amide bonds. The van der Waals surface area contributed by atoms with Crippen LogP contribution in [0.3, 0.4) is 0 Å². The minimum absolute atomic E-state index is 0.215. The Balaban J connectivity index is 1.83. The number of nitrogens with one attached hydrogen (secondary N) is 1. The van der Waals surface area contributed by atoms with Crippen molar-refractivity contribution in [3.8, 4) is 11.5 Å². The molecule has 26 heavy (non-hydrogen) atoms. The molecule has 0 radical (unpaired) electrons. The van der Waals surface area contributed by atoms with Crippen LogP contribution in [0.15, 0.2) is 48.5 Å². The van der Waals surface area contributed by atoms with Crippen LogP contribution in [0.2, 0.25) is 5.02 Å². The molecule has 4 rings (SSSR count). The number of methoxy groups -OCH3 is 2. The molecule has 0 fully saturated rings. The summed E-state index contributed by atoms with van der Waals surface area (Å²) in [5.41, 5.74) is 2.69. The van der Waals surface area contributed by atoms with Gasteiger partial charge in [-0.3, -0.25) is 0 Å². The quantitative estimate of drug-likeness (QED) is 0.759. The van der Waals surface area contributed by atoms with Crippen molar-refractivity contribution in [1.29, 1.82) is 0 Å². The second-order valence-corrected chi connectivity index (χ2v) is 6.10. The highest BCUT2D eigenvalue weighted by Crippen LogP contribution is 2.37. The Kier molecular flexibility index (Phi) is 4.22. The number of nitrogens with zero attached hydrogens (tertiary/aromatic N) is 4. The Morgan fingerprint density at radius 1 is 1.08 bits per heavy atom. The normalized spacial score (nSPS) is 15.7. The highest BCUT2D eigenvalue weighted by molar-refractivity contribution is 6.32. The number of ether oxygens (including phenoxy) is 2. The molecule has 8 heteroatoms. The number of hydrogen-bond acceptors (Lipinski definition) is 6. The maximum absolute atomic E-state index is 6.36. The van der Waals surface area contributed by atoms with E-state index in [0.717, 1.165) is 16.8 Å². The van der Waals surface area contributed by atoms with Crippen molar-refractivity contribution in [3.63, 3.8) is 0 Å². The Labute approximate surface area is 155 Å². The van der Waals surface area contributed by atoms with Crippen LogP contribution in [0.25, 0.3) is 5.70 Å². The van der Waals surface area contributed by atoms with Crippen molar-refractivity contribution in [3.05, 3.63) is 64.7 Å². The number of hydrogen-bond donors (Lipinski definition) is 1. The third kappa shape index (κ3) is 2.76. The maximum atomic E-state index is 6.36. The first-order valence-corrected chi connectivity index (χ1v) is 8.32. The third-order valence-corrected chi connectivity index (χ3v) is 4.57. The molecule has 0 unspecified atom stereocenters. The van der Waals surface area contributed by atoms with Gasteiger partial charge in [0.25, 0.3) is 0 Å². The Hall–Kier alpha value is -3.06. The van der Waals surface area contributed by atoms with Gasteiger partial charge < -0.3 is 14.8 Å². The zero-order valence-corrected chi connectivity index (χ0v) is 14.9. The van der Waals surface area contributed by atoms with E-state index in [2.05, 4.69) is 20.8 Å². The highest BCUT2D eigenvalue weighted by atomic mass is 35.5. The van der Waals surface area contributed by atoms with Crippen molar-refractivity contribution in [2.45, 2.75) is 6.04 Å². The average Bonchev–Trinajstić information content (AvgIpc) is 3.15. The Bertz CT molecular complexity index is 985. The van der Waals surface area contributed by atoms with Gasteiger partial charge >= 0.3 is 0 Å². The highest BCUT2D eigenvalue weighted by Gasteiger charge is 2.25. The van der Waals surface area contributed by atoms with E-state index in [-0.39, 0.29) is 6.04 Å². The number of rotatable bonds is 4. The monoisotopic (exact) mass is 369 g/mol. The van der Waals surface area contributed by atoms with Crippen LogP contribution in [0.4, 0.5) is 5.95 Å². The van der Waals surface area contributed by atoms with Gasteiger partial charge in [0.1, 0.15) is 6.04 Å². The maximum Gasteiger partial charge on any atom is 0.248 e. The van der Waals surface area contributed by atoms with Gasteiger partial charge in [0.2, 0.25) is 5.95 Å². The van der Waals surface area contributed by atoms with E-state index in [9.17, 15) is 0 Å². The molecular formula is C18H16ClN5O2. The first-order valence-electron chi connectivity index (χ1n) is 7.95. The molecule has 0 spiro atoms. The molecule has 0 saturated heterocycles. The molecule has 0 bridgehead atoms. The van der Waals surface area contributed by atoms with E-state index in [1.165, 1.54) is 0 Å². The summed E-state index contributed by atoms with van der Waals surface area (Å²) in [6.07, 6.45) is 2.03. The van der Waals surface area contributed by atoms with Crippen LogP contribution in [0.1, 0.15) is 17.2 Å². The van der Waals surface area contributed by atoms with E-state index >= 15 is 0 Å². The van der Waals surface area contributed by atoms with Crippen LogP contribution in [0, 0.1) is 0 Å². The average molecular weight is 370 g/mol. The molecule has 3 aromatic rings. The van der Waals surface area contributed by atoms with Gasteiger partial charge in [-0.15, -0.1) is 0 Å². The number of aromatic nitrogens is 4. The van der Waals surface area contributed by atoms with Gasteiger partial charge in [-0.1, -0.05) is 41.0 Å². The van der Waals surface area contributed by atoms with Crippen molar-refractivity contribution in [1.82, 2.24) is 20.2 Å². The molecule has 1 aromatic heterocycles. The fourth-order valence-electron chi connectivity index (χ4n) is 2.96. The minimum atomic E-state index is -0.215. The van der Waals surface area contributed by atoms with Gasteiger partial charge in [-0.25, -0.2) is 0 Å². The van der Waals surface area contributed by atoms with E-state index in [4.69, 9.17) is 21.1 Å². The first kappa shape index (κ1) is 16.4. The molecule has 2 heterocycles. The van der Waals surface area contributed by atoms with Gasteiger partial charge in [0, 0.05) is 16.3 Å². The first-order chi connectivity index (χ1) is 12.7. The second kappa shape index (κ2) is 6.68. The van der Waals surface area contributed by atoms with Crippen LogP contribution in [-0.4, -0.2) is 34.4 Å². The largest absolute Gasteiger partial charge is 0.493 e. The summed E-state index contributed by atoms with van der Waals surface area (Å²) >= 11 is 6.36. The van der Waals surface area contributed by atoms with E-state index in [1.54, 1.807) is 18.9 Å². The SMILES string of the molecule is COc1ccc([C@H]2C=C(c3ccccc3Cl)Nc3nnnn32)cc1OC. The summed E-state index contributed by atoms with van der Waals surface area (Å²) in [6, 6.07) is 13.2. The molecule has 0 aliphatic carbocycles. The van der Waals surface area contributed by atoms with Crippen molar-refractivity contribution in [2.24, 2.45) is 0 Å². The van der Waals surface area contributed by atoms with Gasteiger partial charge in [-0.05, 0) is 40.3 Å². The van der Waals surface area contributed by atoms with E-state index in [0.29, 0.717) is 22.5 Å². The van der Waals surface area contributed by atoms with Crippen LogP contribution < -0.4 is 14.8 Å². The molecule has 1 aliphatic rings. The molecule has 0 saturated carbocycles. The molecule has 1 atom stereocenters. The molecule has 1 aliphatic heterocycles. The summed E-state index contributed by atoms with van der Waals surface area (Å²) in [6.45, 7) is 0. The van der Waals surface area contributed by atoms with Crippen LogP contribution >= 0.6 is 11.6 Å². The number of halogens is 1. The Morgan fingerprint density at radius 2 is 1.88 bits per heavy atom. The summed E-state index contributed by atoms with van der Waals surface area (Å²) in [4.78, 5) is 0. The topological polar surface area (TPSA) is 74.1 Å². The predicted molar refractivity (Wildman–Crippen MR) is 98.6 cm³/mol. The van der Waals surface area contributed by atoms with Gasteiger partial charge in [0.05, 0.1) is 14.2 Å². The minimum Gasteiger partial charge on any atom is -0.493 e. The van der Waals surface area contributed by atoms with Crippen molar-refractivity contribution in [2.75, 3.05) is 19.5 Å². The van der Waals surface area contributed by atoms with Crippen molar-refractivity contribution < 1.29 is 9.47 Å². The van der Waals surface area contributed by atoms with E-state index < -0.39 is 0 Å². The lowest BCUT2D eigenvalue weighted by Gasteiger charge is -2.24. The summed E-state index contributed by atoms with van der Waals surface area (Å²) in [5, 5.41) is 15.8. The Morgan fingerprint density at radius 3 is 2.65 bits per heavy atom. The summed E-state index contributed by atoms with van der Waals surface area (Å²) in [7, 11) is 3.22. The number of anilines is 1. The second-order valence-electron chi connectivity index (χ2n) is 5.69. The molecule has 132 valence electrons.